The number of allylic oxidation sites excluding steroid dienone is 3. The third kappa shape index (κ3) is 4.47. The van der Waals surface area contributed by atoms with E-state index in [1.165, 1.54) is 31.3 Å². The minimum atomic E-state index is -0.622. The molecule has 6 atom stereocenters. The molecule has 3 aliphatic carbocycles. The molecule has 0 spiro atoms. The monoisotopic (exact) mass is 388 g/mol. The lowest BCUT2D eigenvalue weighted by Crippen LogP contribution is -2.37. The van der Waals surface area contributed by atoms with Gasteiger partial charge in [-0.1, -0.05) is 38.2 Å². The molecule has 3 N–H and O–H groups in total. The number of aliphatic hydroxyl groups excluding tert-OH is 2. The van der Waals surface area contributed by atoms with E-state index in [1.807, 2.05) is 13.8 Å². The van der Waals surface area contributed by atoms with E-state index in [1.54, 1.807) is 0 Å². The molecule has 0 amide bonds. The lowest BCUT2D eigenvalue weighted by atomic mass is 9.60. The number of aliphatic hydroxyl groups is 3. The van der Waals surface area contributed by atoms with Crippen LogP contribution in [0.5, 0.6) is 0 Å². The van der Waals surface area contributed by atoms with Crippen molar-refractivity contribution in [1.82, 2.24) is 0 Å². The highest BCUT2D eigenvalue weighted by atomic mass is 16.3. The molecule has 0 aromatic heterocycles. The van der Waals surface area contributed by atoms with E-state index in [2.05, 4.69) is 32.6 Å². The van der Waals surface area contributed by atoms with Crippen molar-refractivity contribution < 1.29 is 15.3 Å². The molecule has 0 bridgehead atoms. The zero-order valence-corrected chi connectivity index (χ0v) is 18.2. The Kier molecular flexibility index (Phi) is 6.29. The molecule has 3 saturated carbocycles. The minimum absolute atomic E-state index is 0.315. The molecule has 0 unspecified atom stereocenters. The van der Waals surface area contributed by atoms with E-state index in [-0.39, 0.29) is 0 Å². The van der Waals surface area contributed by atoms with E-state index in [4.69, 9.17) is 0 Å². The van der Waals surface area contributed by atoms with Gasteiger partial charge in [-0.2, -0.15) is 0 Å². The van der Waals surface area contributed by atoms with Crippen LogP contribution in [0.3, 0.4) is 0 Å². The molecular weight excluding hydrogens is 348 g/mol. The van der Waals surface area contributed by atoms with Crippen LogP contribution in [0.4, 0.5) is 0 Å². The topological polar surface area (TPSA) is 60.7 Å². The second-order valence-corrected chi connectivity index (χ2v) is 10.7. The first-order valence-corrected chi connectivity index (χ1v) is 11.2. The Morgan fingerprint density at radius 3 is 2.64 bits per heavy atom. The average molecular weight is 389 g/mol. The van der Waals surface area contributed by atoms with Crippen LogP contribution in [0.25, 0.3) is 0 Å². The third-order valence-electron chi connectivity index (χ3n) is 7.81. The molecule has 0 aromatic rings. The largest absolute Gasteiger partial charge is 0.393 e. The number of hydrogen-bond acceptors (Lipinski definition) is 3. The molecule has 3 rings (SSSR count). The van der Waals surface area contributed by atoms with E-state index in [9.17, 15) is 15.3 Å². The molecule has 0 heterocycles. The summed E-state index contributed by atoms with van der Waals surface area (Å²) in [4.78, 5) is 0. The van der Waals surface area contributed by atoms with Crippen molar-refractivity contribution in [3.63, 3.8) is 0 Å². The van der Waals surface area contributed by atoms with E-state index in [0.29, 0.717) is 36.0 Å². The van der Waals surface area contributed by atoms with Crippen LogP contribution < -0.4 is 0 Å². The van der Waals surface area contributed by atoms with Gasteiger partial charge >= 0.3 is 0 Å². The highest BCUT2D eigenvalue weighted by Gasteiger charge is 2.51. The average Bonchev–Trinajstić information content (AvgIpc) is 2.93. The highest BCUT2D eigenvalue weighted by molar-refractivity contribution is 5.38. The van der Waals surface area contributed by atoms with E-state index >= 15 is 0 Å². The molecule has 0 saturated heterocycles. The number of rotatable bonds is 4. The number of fused-ring (bicyclic) bond motifs is 1. The van der Waals surface area contributed by atoms with Gasteiger partial charge in [0.2, 0.25) is 0 Å². The first kappa shape index (κ1) is 21.8. The van der Waals surface area contributed by atoms with Gasteiger partial charge in [0.15, 0.2) is 0 Å². The zero-order chi connectivity index (χ0) is 20.7. The molecule has 3 nitrogen and oxygen atoms in total. The fraction of sp³-hybridized carbons (Fsp3) is 0.760. The summed E-state index contributed by atoms with van der Waals surface area (Å²) in [5.41, 5.74) is 3.01. The molecule has 28 heavy (non-hydrogen) atoms. The van der Waals surface area contributed by atoms with Crippen LogP contribution in [0, 0.1) is 23.2 Å². The Labute approximate surface area is 171 Å². The van der Waals surface area contributed by atoms with Crippen LogP contribution in [0.15, 0.2) is 35.5 Å². The van der Waals surface area contributed by atoms with Gasteiger partial charge in [0.05, 0.1) is 17.8 Å². The molecule has 3 heteroatoms. The Morgan fingerprint density at radius 1 is 1.25 bits per heavy atom. The predicted octanol–water partition coefficient (Wildman–Crippen LogP) is 4.92. The first-order valence-electron chi connectivity index (χ1n) is 11.2. The minimum Gasteiger partial charge on any atom is -0.393 e. The molecule has 0 radical (unpaired) electrons. The summed E-state index contributed by atoms with van der Waals surface area (Å²) in [5.74, 6) is 1.80. The maximum atomic E-state index is 10.3. The van der Waals surface area contributed by atoms with Crippen molar-refractivity contribution in [3.8, 4) is 0 Å². The van der Waals surface area contributed by atoms with Crippen molar-refractivity contribution in [2.75, 3.05) is 0 Å². The third-order valence-corrected chi connectivity index (χ3v) is 7.81. The smallest absolute Gasteiger partial charge is 0.0811 e. The fourth-order valence-electron chi connectivity index (χ4n) is 6.61. The second-order valence-electron chi connectivity index (χ2n) is 10.7. The maximum absolute atomic E-state index is 10.3. The Morgan fingerprint density at radius 2 is 1.96 bits per heavy atom. The number of hydrogen-bond donors (Lipinski definition) is 3. The predicted molar refractivity (Wildman–Crippen MR) is 115 cm³/mol. The first-order chi connectivity index (χ1) is 13.0. The van der Waals surface area contributed by atoms with Gasteiger partial charge in [0.25, 0.3) is 0 Å². The Hall–Kier alpha value is -0.900. The van der Waals surface area contributed by atoms with E-state index in [0.717, 1.165) is 24.0 Å². The summed E-state index contributed by atoms with van der Waals surface area (Å²) < 4.78 is 0. The lowest BCUT2D eigenvalue weighted by Gasteiger charge is -2.45. The van der Waals surface area contributed by atoms with Crippen molar-refractivity contribution in [1.29, 1.82) is 0 Å². The molecule has 3 fully saturated rings. The summed E-state index contributed by atoms with van der Waals surface area (Å²) in [6, 6.07) is 0. The SMILES string of the molecule is C=C1/C(=C/C=C2\CCC[C@]3(C)[C@@H]([C@H](C)CC(C)(C)O)CC[C@@H]23)C[C@@H](O)C[C@@H]1O. The van der Waals surface area contributed by atoms with Crippen LogP contribution in [0.2, 0.25) is 0 Å². The summed E-state index contributed by atoms with van der Waals surface area (Å²) in [7, 11) is 0. The zero-order valence-electron chi connectivity index (χ0n) is 18.2. The molecular formula is C25H40O3. The molecule has 0 aromatic carbocycles. The van der Waals surface area contributed by atoms with Crippen molar-refractivity contribution in [2.45, 2.75) is 96.9 Å². The highest BCUT2D eigenvalue weighted by Crippen LogP contribution is 2.60. The standard InChI is InChI=1S/C25H40O3/c1-16(15-24(3,4)28)21-10-11-22-18(7-6-12-25(21,22)5)8-9-19-13-20(26)14-23(27)17(19)2/h8-9,16,20-23,26-28H,2,6-7,10-15H2,1,3-5H3/b18-8+,19-9+/t16-,20-,21-,22+,23+,25-/m1/s1. The summed E-state index contributed by atoms with van der Waals surface area (Å²) in [6.07, 6.45) is 11.3. The van der Waals surface area contributed by atoms with Gasteiger partial charge in [-0.25, -0.2) is 0 Å². The van der Waals surface area contributed by atoms with Crippen LogP contribution in [-0.2, 0) is 0 Å². The quantitative estimate of drug-likeness (QED) is 0.640. The Balaban J connectivity index is 1.79. The van der Waals surface area contributed by atoms with Gasteiger partial charge < -0.3 is 15.3 Å². The van der Waals surface area contributed by atoms with Crippen LogP contribution >= 0.6 is 0 Å². The lowest BCUT2D eigenvalue weighted by molar-refractivity contribution is 0.0193. The molecule has 3 aliphatic rings. The second kappa shape index (κ2) is 8.08. The molecule has 158 valence electrons. The molecule has 0 aliphatic heterocycles. The summed E-state index contributed by atoms with van der Waals surface area (Å²) >= 11 is 0. The van der Waals surface area contributed by atoms with E-state index < -0.39 is 17.8 Å². The van der Waals surface area contributed by atoms with Gasteiger partial charge in [-0.05, 0) is 93.1 Å². The fourth-order valence-corrected chi connectivity index (χ4v) is 6.61. The van der Waals surface area contributed by atoms with Crippen molar-refractivity contribution >= 4 is 0 Å². The maximum Gasteiger partial charge on any atom is 0.0811 e. The summed E-state index contributed by atoms with van der Waals surface area (Å²) in [5, 5.41) is 30.4. The van der Waals surface area contributed by atoms with Crippen molar-refractivity contribution in [3.05, 3.63) is 35.5 Å². The van der Waals surface area contributed by atoms with Crippen LogP contribution in [-0.4, -0.2) is 33.1 Å². The van der Waals surface area contributed by atoms with Gasteiger partial charge in [-0.15, -0.1) is 0 Å². The summed E-state index contributed by atoms with van der Waals surface area (Å²) in [6.45, 7) is 12.7. The Bertz CT molecular complexity index is 653. The normalized spacial score (nSPS) is 40.8. The van der Waals surface area contributed by atoms with Crippen LogP contribution in [0.1, 0.15) is 79.1 Å². The van der Waals surface area contributed by atoms with Gasteiger partial charge in [0, 0.05) is 6.42 Å². The van der Waals surface area contributed by atoms with Crippen molar-refractivity contribution in [2.24, 2.45) is 23.2 Å². The van der Waals surface area contributed by atoms with Gasteiger partial charge in [0.1, 0.15) is 0 Å². The van der Waals surface area contributed by atoms with Gasteiger partial charge in [-0.3, -0.25) is 0 Å².